The predicted octanol–water partition coefficient (Wildman–Crippen LogP) is 0.856. The molecular weight excluding hydrogens is 444 g/mol. The maximum Gasteiger partial charge on any atom is 0.326 e. The van der Waals surface area contributed by atoms with Crippen molar-refractivity contribution in [2.24, 2.45) is 23.5 Å². The molecule has 7 N–H and O–H groups in total. The number of aliphatic carboxylic acids is 2. The van der Waals surface area contributed by atoms with Gasteiger partial charge in [0.05, 0.1) is 6.04 Å². The average Bonchev–Trinajstić information content (AvgIpc) is 2.80. The summed E-state index contributed by atoms with van der Waals surface area (Å²) in [4.78, 5) is 61.2. The Morgan fingerprint density at radius 3 is 1.62 bits per heavy atom. The second-order valence-corrected chi connectivity index (χ2v) is 8.99. The summed E-state index contributed by atoms with van der Waals surface area (Å²) >= 11 is 0. The van der Waals surface area contributed by atoms with E-state index in [0.29, 0.717) is 19.3 Å². The molecular formula is C23H42N4O7. The van der Waals surface area contributed by atoms with Crippen LogP contribution in [-0.4, -0.2) is 64.0 Å². The van der Waals surface area contributed by atoms with E-state index in [2.05, 4.69) is 16.0 Å². The molecule has 0 aromatic rings. The van der Waals surface area contributed by atoms with Crippen LogP contribution in [0.15, 0.2) is 0 Å². The molecule has 0 rings (SSSR count). The zero-order valence-electron chi connectivity index (χ0n) is 21.1. The minimum absolute atomic E-state index is 0.108. The molecule has 7 atom stereocenters. The van der Waals surface area contributed by atoms with Crippen LogP contribution < -0.4 is 21.7 Å². The highest BCUT2D eigenvalue weighted by Gasteiger charge is 2.34. The number of carboxylic acid groups (broad SMARTS) is 2. The van der Waals surface area contributed by atoms with Crippen molar-refractivity contribution < 1.29 is 34.2 Å². The highest BCUT2D eigenvalue weighted by atomic mass is 16.4. The van der Waals surface area contributed by atoms with Gasteiger partial charge < -0.3 is 31.9 Å². The second kappa shape index (κ2) is 15.3. The fourth-order valence-electron chi connectivity index (χ4n) is 3.20. The molecule has 11 heteroatoms. The summed E-state index contributed by atoms with van der Waals surface area (Å²) in [6.45, 7) is 10.8. The number of hydrogen-bond donors (Lipinski definition) is 6. The first-order chi connectivity index (χ1) is 15.8. The lowest BCUT2D eigenvalue weighted by atomic mass is 9.95. The Balaban J connectivity index is 5.71. The number of rotatable bonds is 16. The van der Waals surface area contributed by atoms with Gasteiger partial charge in [0.15, 0.2) is 0 Å². The Morgan fingerprint density at radius 1 is 0.706 bits per heavy atom. The first-order valence-corrected chi connectivity index (χ1v) is 11.9. The highest BCUT2D eigenvalue weighted by molar-refractivity contribution is 5.94. The monoisotopic (exact) mass is 486 g/mol. The third-order valence-electron chi connectivity index (χ3n) is 6.41. The molecule has 0 radical (unpaired) electrons. The molecule has 196 valence electrons. The smallest absolute Gasteiger partial charge is 0.326 e. The predicted molar refractivity (Wildman–Crippen MR) is 127 cm³/mol. The summed E-state index contributed by atoms with van der Waals surface area (Å²) in [5.74, 6) is -5.15. The van der Waals surface area contributed by atoms with Crippen molar-refractivity contribution >= 4 is 29.7 Å². The van der Waals surface area contributed by atoms with Gasteiger partial charge in [-0.3, -0.25) is 19.2 Å². The van der Waals surface area contributed by atoms with E-state index in [1.165, 1.54) is 0 Å². The zero-order valence-corrected chi connectivity index (χ0v) is 21.1. The fourth-order valence-corrected chi connectivity index (χ4v) is 3.20. The molecule has 7 unspecified atom stereocenters. The van der Waals surface area contributed by atoms with Gasteiger partial charge in [0.2, 0.25) is 17.7 Å². The van der Waals surface area contributed by atoms with E-state index >= 15 is 0 Å². The molecule has 0 fully saturated rings. The van der Waals surface area contributed by atoms with E-state index in [4.69, 9.17) is 10.8 Å². The zero-order chi connectivity index (χ0) is 26.6. The minimum atomic E-state index is -1.29. The van der Waals surface area contributed by atoms with Crippen molar-refractivity contribution in [2.45, 2.75) is 97.8 Å². The molecule has 0 spiro atoms. The molecule has 11 nitrogen and oxygen atoms in total. The summed E-state index contributed by atoms with van der Waals surface area (Å²) in [6.07, 6.45) is 1.04. The topological polar surface area (TPSA) is 188 Å². The Kier molecular flexibility index (Phi) is 14.1. The summed E-state index contributed by atoms with van der Waals surface area (Å²) < 4.78 is 0. The fraction of sp³-hybridized carbons (Fsp3) is 0.783. The van der Waals surface area contributed by atoms with Gasteiger partial charge in [0.25, 0.3) is 0 Å². The first-order valence-electron chi connectivity index (χ1n) is 11.9. The van der Waals surface area contributed by atoms with Crippen molar-refractivity contribution in [3.8, 4) is 0 Å². The van der Waals surface area contributed by atoms with Gasteiger partial charge in [-0.2, -0.15) is 0 Å². The van der Waals surface area contributed by atoms with Crippen LogP contribution in [0.4, 0.5) is 0 Å². The standard InChI is InChI=1S/C23H42N4O7/c1-7-12(4)17(24)21(31)26-18(13(5)8-2)22(32)25-15(10-11-16(28)29)20(30)27-19(23(33)34)14(6)9-3/h12-15,17-19H,7-11,24H2,1-6H3,(H,25,32)(H,26,31)(H,27,30)(H,28,29)(H,33,34). The maximum absolute atomic E-state index is 13.1. The Labute approximate surface area is 201 Å². The average molecular weight is 487 g/mol. The molecule has 0 saturated carbocycles. The molecule has 0 heterocycles. The number of hydrogen-bond acceptors (Lipinski definition) is 6. The van der Waals surface area contributed by atoms with Crippen LogP contribution in [0, 0.1) is 17.8 Å². The number of carboxylic acids is 2. The third kappa shape index (κ3) is 10.1. The highest BCUT2D eigenvalue weighted by Crippen LogP contribution is 2.13. The molecule has 0 aliphatic rings. The maximum atomic E-state index is 13.1. The SMILES string of the molecule is CCC(C)C(N)C(=O)NC(C(=O)NC(CCC(=O)O)C(=O)NC(C(=O)O)C(C)CC)C(C)CC. The number of amides is 3. The van der Waals surface area contributed by atoms with Crippen molar-refractivity contribution in [1.82, 2.24) is 16.0 Å². The molecule has 0 saturated heterocycles. The van der Waals surface area contributed by atoms with E-state index in [9.17, 15) is 29.1 Å². The van der Waals surface area contributed by atoms with Gasteiger partial charge >= 0.3 is 11.9 Å². The normalized spacial score (nSPS) is 17.3. The van der Waals surface area contributed by atoms with Crippen LogP contribution in [0.2, 0.25) is 0 Å². The van der Waals surface area contributed by atoms with Crippen molar-refractivity contribution in [3.63, 3.8) is 0 Å². The molecule has 0 aromatic heterocycles. The van der Waals surface area contributed by atoms with Gasteiger partial charge in [-0.25, -0.2) is 4.79 Å². The summed E-state index contributed by atoms with van der Waals surface area (Å²) in [5.41, 5.74) is 5.99. The minimum Gasteiger partial charge on any atom is -0.481 e. The van der Waals surface area contributed by atoms with Gasteiger partial charge in [0.1, 0.15) is 18.1 Å². The van der Waals surface area contributed by atoms with Crippen molar-refractivity contribution in [2.75, 3.05) is 0 Å². The number of carbonyl (C=O) groups excluding carboxylic acids is 3. The van der Waals surface area contributed by atoms with Crippen LogP contribution in [-0.2, 0) is 24.0 Å². The molecule has 0 aliphatic carbocycles. The summed E-state index contributed by atoms with van der Waals surface area (Å²) in [7, 11) is 0. The quantitative estimate of drug-likeness (QED) is 0.185. The van der Waals surface area contributed by atoms with E-state index < -0.39 is 60.2 Å². The van der Waals surface area contributed by atoms with E-state index in [1.807, 2.05) is 20.8 Å². The van der Waals surface area contributed by atoms with Gasteiger partial charge in [-0.15, -0.1) is 0 Å². The lowest BCUT2D eigenvalue weighted by Crippen LogP contribution is -2.59. The number of nitrogens with one attached hydrogen (secondary N) is 3. The van der Waals surface area contributed by atoms with Gasteiger partial charge in [-0.1, -0.05) is 60.8 Å². The van der Waals surface area contributed by atoms with Crippen molar-refractivity contribution in [1.29, 1.82) is 0 Å². The molecule has 34 heavy (non-hydrogen) atoms. The van der Waals surface area contributed by atoms with Crippen molar-refractivity contribution in [3.05, 3.63) is 0 Å². The van der Waals surface area contributed by atoms with Gasteiger partial charge in [0, 0.05) is 6.42 Å². The van der Waals surface area contributed by atoms with E-state index in [0.717, 1.165) is 0 Å². The Morgan fingerprint density at radius 2 is 1.18 bits per heavy atom. The van der Waals surface area contributed by atoms with Crippen LogP contribution in [0.1, 0.15) is 73.6 Å². The van der Waals surface area contributed by atoms with Gasteiger partial charge in [-0.05, 0) is 24.2 Å². The molecule has 0 aliphatic heterocycles. The van der Waals surface area contributed by atoms with E-state index in [1.54, 1.807) is 20.8 Å². The lowest BCUT2D eigenvalue weighted by Gasteiger charge is -2.29. The third-order valence-corrected chi connectivity index (χ3v) is 6.41. The first kappa shape index (κ1) is 31.3. The number of carbonyl (C=O) groups is 5. The Bertz CT molecular complexity index is 715. The largest absolute Gasteiger partial charge is 0.481 e. The van der Waals surface area contributed by atoms with Crippen LogP contribution >= 0.6 is 0 Å². The van der Waals surface area contributed by atoms with Crippen LogP contribution in [0.5, 0.6) is 0 Å². The van der Waals surface area contributed by atoms with Crippen LogP contribution in [0.25, 0.3) is 0 Å². The molecule has 3 amide bonds. The Hall–Kier alpha value is -2.69. The van der Waals surface area contributed by atoms with Crippen LogP contribution in [0.3, 0.4) is 0 Å². The summed E-state index contributed by atoms with van der Waals surface area (Å²) in [6, 6.07) is -4.30. The number of nitrogens with two attached hydrogens (primary N) is 1. The summed E-state index contributed by atoms with van der Waals surface area (Å²) in [5, 5.41) is 26.1. The van der Waals surface area contributed by atoms with E-state index in [-0.39, 0.29) is 24.2 Å². The second-order valence-electron chi connectivity index (χ2n) is 8.99. The molecule has 0 bridgehead atoms. The molecule has 0 aromatic carbocycles. The lowest BCUT2D eigenvalue weighted by molar-refractivity contribution is -0.144.